The predicted octanol–water partition coefficient (Wildman–Crippen LogP) is 4.78. The van der Waals surface area contributed by atoms with Crippen LogP contribution in [-0.2, 0) is 4.79 Å². The van der Waals surface area contributed by atoms with Crippen LogP contribution in [0.1, 0.15) is 36.2 Å². The summed E-state index contributed by atoms with van der Waals surface area (Å²) in [4.78, 5) is 24.5. The average Bonchev–Trinajstić information content (AvgIpc) is 2.66. The third-order valence-electron chi connectivity index (χ3n) is 3.95. The standard InChI is InChI=1S/C21H24Br2N2O4/c1-13(2)8-9-28-19-7-5-16(23)11-17(19)21(27)25-24-20(26)12-29-18-6-4-15(22)10-14(18)3/h4-7,10-11,13H,8-9,12H2,1-3H3,(H,24,26)(H,25,27). The number of benzene rings is 2. The first-order valence-corrected chi connectivity index (χ1v) is 10.8. The van der Waals surface area contributed by atoms with Crippen LogP contribution in [-0.4, -0.2) is 25.0 Å². The van der Waals surface area contributed by atoms with Crippen molar-refractivity contribution in [2.45, 2.75) is 27.2 Å². The molecule has 6 nitrogen and oxygen atoms in total. The van der Waals surface area contributed by atoms with Gasteiger partial charge in [-0.15, -0.1) is 0 Å². The van der Waals surface area contributed by atoms with Gasteiger partial charge in [-0.3, -0.25) is 20.4 Å². The van der Waals surface area contributed by atoms with Crippen LogP contribution in [0.15, 0.2) is 45.3 Å². The summed E-state index contributed by atoms with van der Waals surface area (Å²) in [5.74, 6) is 0.609. The van der Waals surface area contributed by atoms with E-state index in [2.05, 4.69) is 56.6 Å². The van der Waals surface area contributed by atoms with Gasteiger partial charge in [0.2, 0.25) is 0 Å². The lowest BCUT2D eigenvalue weighted by Gasteiger charge is -2.14. The molecule has 0 saturated carbocycles. The van der Waals surface area contributed by atoms with Crippen LogP contribution in [0.4, 0.5) is 0 Å². The molecule has 0 aromatic heterocycles. The Morgan fingerprint density at radius 2 is 1.62 bits per heavy atom. The van der Waals surface area contributed by atoms with E-state index in [1.165, 1.54) is 0 Å². The fourth-order valence-electron chi connectivity index (χ4n) is 2.36. The van der Waals surface area contributed by atoms with Gasteiger partial charge < -0.3 is 9.47 Å². The molecule has 0 unspecified atom stereocenters. The van der Waals surface area contributed by atoms with E-state index in [9.17, 15) is 9.59 Å². The number of hydrazine groups is 1. The molecule has 0 saturated heterocycles. The smallest absolute Gasteiger partial charge is 0.276 e. The number of hydrogen-bond donors (Lipinski definition) is 2. The van der Waals surface area contributed by atoms with Crippen LogP contribution in [0.25, 0.3) is 0 Å². The maximum absolute atomic E-state index is 12.5. The molecule has 8 heteroatoms. The first kappa shape index (κ1) is 23.2. The van der Waals surface area contributed by atoms with Gasteiger partial charge in [-0.2, -0.15) is 0 Å². The van der Waals surface area contributed by atoms with Crippen molar-refractivity contribution in [1.29, 1.82) is 0 Å². The summed E-state index contributed by atoms with van der Waals surface area (Å²) < 4.78 is 12.9. The molecule has 0 heterocycles. The summed E-state index contributed by atoms with van der Waals surface area (Å²) in [6.45, 7) is 6.37. The van der Waals surface area contributed by atoms with Crippen molar-refractivity contribution >= 4 is 43.7 Å². The predicted molar refractivity (Wildman–Crippen MR) is 119 cm³/mol. The van der Waals surface area contributed by atoms with Crippen molar-refractivity contribution in [2.24, 2.45) is 5.92 Å². The first-order chi connectivity index (χ1) is 13.8. The Kier molecular flexibility index (Phi) is 8.98. The number of carbonyl (C=O) groups excluding carboxylic acids is 2. The van der Waals surface area contributed by atoms with Gasteiger partial charge in [0.1, 0.15) is 11.5 Å². The zero-order valence-electron chi connectivity index (χ0n) is 16.6. The van der Waals surface area contributed by atoms with E-state index < -0.39 is 11.8 Å². The normalized spacial score (nSPS) is 10.6. The highest BCUT2D eigenvalue weighted by Gasteiger charge is 2.15. The quantitative estimate of drug-likeness (QED) is 0.484. The van der Waals surface area contributed by atoms with E-state index >= 15 is 0 Å². The van der Waals surface area contributed by atoms with E-state index in [-0.39, 0.29) is 6.61 Å². The van der Waals surface area contributed by atoms with Crippen LogP contribution in [0.3, 0.4) is 0 Å². The molecule has 0 atom stereocenters. The van der Waals surface area contributed by atoms with E-state index in [1.807, 2.05) is 19.1 Å². The lowest BCUT2D eigenvalue weighted by molar-refractivity contribution is -0.123. The molecule has 0 aliphatic heterocycles. The molecule has 29 heavy (non-hydrogen) atoms. The fourth-order valence-corrected chi connectivity index (χ4v) is 3.19. The molecule has 0 spiro atoms. The number of ether oxygens (including phenoxy) is 2. The summed E-state index contributed by atoms with van der Waals surface area (Å²) in [5, 5.41) is 0. The van der Waals surface area contributed by atoms with Gasteiger partial charge in [-0.05, 0) is 61.2 Å². The SMILES string of the molecule is Cc1cc(Br)ccc1OCC(=O)NNC(=O)c1cc(Br)ccc1OCCC(C)C. The minimum atomic E-state index is -0.474. The molecule has 2 N–H and O–H groups in total. The Morgan fingerprint density at radius 1 is 0.966 bits per heavy atom. The number of nitrogens with one attached hydrogen (secondary N) is 2. The summed E-state index contributed by atoms with van der Waals surface area (Å²) in [5.41, 5.74) is 5.98. The van der Waals surface area contributed by atoms with Crippen molar-refractivity contribution in [1.82, 2.24) is 10.9 Å². The van der Waals surface area contributed by atoms with E-state index in [1.54, 1.807) is 24.3 Å². The van der Waals surface area contributed by atoms with Gasteiger partial charge in [0, 0.05) is 8.95 Å². The third-order valence-corrected chi connectivity index (χ3v) is 4.94. The Bertz CT molecular complexity index is 872. The lowest BCUT2D eigenvalue weighted by atomic mass is 10.1. The van der Waals surface area contributed by atoms with Crippen molar-refractivity contribution in [2.75, 3.05) is 13.2 Å². The second-order valence-corrected chi connectivity index (χ2v) is 8.70. The van der Waals surface area contributed by atoms with Gasteiger partial charge in [0.25, 0.3) is 11.8 Å². The largest absolute Gasteiger partial charge is 0.493 e. The molecular formula is C21H24Br2N2O4. The number of halogens is 2. The fraction of sp³-hybridized carbons (Fsp3) is 0.333. The van der Waals surface area contributed by atoms with Crippen molar-refractivity contribution < 1.29 is 19.1 Å². The molecule has 0 fully saturated rings. The van der Waals surface area contributed by atoms with Gasteiger partial charge in [-0.25, -0.2) is 0 Å². The van der Waals surface area contributed by atoms with Crippen molar-refractivity contribution in [3.63, 3.8) is 0 Å². The van der Waals surface area contributed by atoms with Crippen LogP contribution in [0.5, 0.6) is 11.5 Å². The molecule has 2 rings (SSSR count). The van der Waals surface area contributed by atoms with Gasteiger partial charge in [0.15, 0.2) is 6.61 Å². The molecule has 0 bridgehead atoms. The second-order valence-electron chi connectivity index (χ2n) is 6.87. The van der Waals surface area contributed by atoms with Crippen LogP contribution in [0, 0.1) is 12.8 Å². The molecule has 2 aromatic rings. The summed E-state index contributed by atoms with van der Waals surface area (Å²) in [6, 6.07) is 10.7. The topological polar surface area (TPSA) is 76.7 Å². The monoisotopic (exact) mass is 526 g/mol. The summed E-state index contributed by atoms with van der Waals surface area (Å²) >= 11 is 6.73. The number of hydrogen-bond acceptors (Lipinski definition) is 4. The van der Waals surface area contributed by atoms with E-state index in [0.29, 0.717) is 29.6 Å². The highest BCUT2D eigenvalue weighted by atomic mass is 79.9. The highest BCUT2D eigenvalue weighted by Crippen LogP contribution is 2.24. The van der Waals surface area contributed by atoms with E-state index in [0.717, 1.165) is 20.9 Å². The number of amides is 2. The maximum atomic E-state index is 12.5. The van der Waals surface area contributed by atoms with E-state index in [4.69, 9.17) is 9.47 Å². The number of carbonyl (C=O) groups is 2. The molecule has 0 aliphatic carbocycles. The highest BCUT2D eigenvalue weighted by molar-refractivity contribution is 9.10. The molecule has 2 aromatic carbocycles. The number of rotatable bonds is 8. The first-order valence-electron chi connectivity index (χ1n) is 9.16. The van der Waals surface area contributed by atoms with Gasteiger partial charge in [0.05, 0.1) is 12.2 Å². The van der Waals surface area contributed by atoms with Gasteiger partial charge >= 0.3 is 0 Å². The van der Waals surface area contributed by atoms with Crippen LogP contribution in [0.2, 0.25) is 0 Å². The lowest BCUT2D eigenvalue weighted by Crippen LogP contribution is -2.44. The Balaban J connectivity index is 1.90. The Labute approximate surface area is 187 Å². The Morgan fingerprint density at radius 3 is 2.28 bits per heavy atom. The van der Waals surface area contributed by atoms with Gasteiger partial charge in [-0.1, -0.05) is 45.7 Å². The van der Waals surface area contributed by atoms with Crippen LogP contribution >= 0.6 is 31.9 Å². The summed E-state index contributed by atoms with van der Waals surface area (Å²) in [7, 11) is 0. The molecule has 2 amide bonds. The summed E-state index contributed by atoms with van der Waals surface area (Å²) in [6.07, 6.45) is 0.876. The maximum Gasteiger partial charge on any atom is 0.276 e. The molecular weight excluding hydrogens is 504 g/mol. The number of aryl methyl sites for hydroxylation is 1. The van der Waals surface area contributed by atoms with Crippen LogP contribution < -0.4 is 20.3 Å². The zero-order valence-corrected chi connectivity index (χ0v) is 19.7. The minimum Gasteiger partial charge on any atom is -0.493 e. The van der Waals surface area contributed by atoms with Crippen molar-refractivity contribution in [3.8, 4) is 11.5 Å². The molecule has 0 aliphatic rings. The third kappa shape index (κ3) is 7.70. The second kappa shape index (κ2) is 11.2. The minimum absolute atomic E-state index is 0.223. The zero-order chi connectivity index (χ0) is 21.4. The molecule has 0 radical (unpaired) electrons. The Hall–Kier alpha value is -2.06. The molecule has 156 valence electrons. The average molecular weight is 528 g/mol. The van der Waals surface area contributed by atoms with Crippen molar-refractivity contribution in [3.05, 3.63) is 56.5 Å².